The van der Waals surface area contributed by atoms with E-state index < -0.39 is 63.2 Å². The summed E-state index contributed by atoms with van der Waals surface area (Å²) in [5.74, 6) is -4.83. The Morgan fingerprint density at radius 3 is 2.00 bits per heavy atom. The molecule has 43 heavy (non-hydrogen) atoms. The Labute approximate surface area is 244 Å². The molecule has 3 aliphatic rings. The van der Waals surface area contributed by atoms with Crippen molar-refractivity contribution in [3.05, 3.63) is 74.4 Å². The van der Waals surface area contributed by atoms with Crippen molar-refractivity contribution in [3.63, 3.8) is 0 Å². The standard InChI is InChI=1S/C32H26O11/c1-11-5-14-22(31(40)21-15(28(14)37)6-12(42-3)7-17(21)33)25(27(11)36)24-19(43-4)9-18(34)23-26(24)30(39)16-10-32(2,41)20(35)8-13(16)29(23)38/h5-7,9,20,33-36,41H,8,10H2,1-4H3/t20-,32+/m1/s1. The van der Waals surface area contributed by atoms with Crippen LogP contribution in [0.4, 0.5) is 0 Å². The molecule has 0 unspecified atom stereocenters. The minimum absolute atomic E-state index is 0.0718. The first-order chi connectivity index (χ1) is 20.2. The fourth-order valence-corrected chi connectivity index (χ4v) is 6.25. The third kappa shape index (κ3) is 3.75. The van der Waals surface area contributed by atoms with Crippen LogP contribution >= 0.6 is 0 Å². The van der Waals surface area contributed by atoms with E-state index in [9.17, 15) is 44.7 Å². The highest BCUT2D eigenvalue weighted by Crippen LogP contribution is 2.52. The summed E-state index contributed by atoms with van der Waals surface area (Å²) in [7, 11) is 2.54. The van der Waals surface area contributed by atoms with Gasteiger partial charge in [0, 0.05) is 69.5 Å². The molecular weight excluding hydrogens is 560 g/mol. The molecule has 220 valence electrons. The number of ether oxygens (including phenoxy) is 2. The Morgan fingerprint density at radius 2 is 1.35 bits per heavy atom. The van der Waals surface area contributed by atoms with Gasteiger partial charge in [0.2, 0.25) is 0 Å². The number of phenols is 3. The average molecular weight is 587 g/mol. The number of Topliss-reactive ketones (excluding diaryl/α,β-unsaturated/α-hetero) is 2. The molecule has 0 aromatic heterocycles. The number of phenolic OH excluding ortho intramolecular Hbond substituents is 3. The molecule has 2 atom stereocenters. The zero-order valence-corrected chi connectivity index (χ0v) is 23.5. The minimum atomic E-state index is -1.75. The van der Waals surface area contributed by atoms with Gasteiger partial charge in [0.1, 0.15) is 28.7 Å². The van der Waals surface area contributed by atoms with E-state index in [0.29, 0.717) is 0 Å². The predicted molar refractivity (Wildman–Crippen MR) is 150 cm³/mol. The van der Waals surface area contributed by atoms with Gasteiger partial charge in [0.05, 0.1) is 37.1 Å². The topological polar surface area (TPSA) is 188 Å². The number of hydrogen-bond acceptors (Lipinski definition) is 11. The van der Waals surface area contributed by atoms with Crippen molar-refractivity contribution in [2.75, 3.05) is 14.2 Å². The Kier molecular flexibility index (Phi) is 6.05. The molecule has 0 fully saturated rings. The molecule has 0 saturated carbocycles. The van der Waals surface area contributed by atoms with Crippen LogP contribution in [0.25, 0.3) is 11.1 Å². The second-order valence-electron chi connectivity index (χ2n) is 11.2. The fourth-order valence-electron chi connectivity index (χ4n) is 6.25. The summed E-state index contributed by atoms with van der Waals surface area (Å²) >= 11 is 0. The summed E-state index contributed by atoms with van der Waals surface area (Å²) in [5.41, 5.74) is -4.13. The normalized spacial score (nSPS) is 20.8. The van der Waals surface area contributed by atoms with Gasteiger partial charge in [-0.25, -0.2) is 0 Å². The van der Waals surface area contributed by atoms with E-state index in [-0.39, 0.29) is 74.4 Å². The van der Waals surface area contributed by atoms with Crippen molar-refractivity contribution in [2.24, 2.45) is 0 Å². The number of rotatable bonds is 3. The Morgan fingerprint density at radius 1 is 0.721 bits per heavy atom. The van der Waals surface area contributed by atoms with Crippen molar-refractivity contribution in [3.8, 4) is 39.9 Å². The SMILES string of the molecule is COc1cc(O)c2c(c1)C(=O)c1cc(C)c(O)c(-c3c(OC)cc(O)c4c3C(=O)C3=C(C[C@@H](O)[C@@](C)(O)C3)C4=O)c1C2=O. The number of aliphatic hydroxyl groups excluding tert-OH is 1. The van der Waals surface area contributed by atoms with Crippen LogP contribution in [0.1, 0.15) is 77.9 Å². The zero-order chi connectivity index (χ0) is 31.3. The quantitative estimate of drug-likeness (QED) is 0.237. The lowest BCUT2D eigenvalue weighted by atomic mass is 9.69. The van der Waals surface area contributed by atoms with Gasteiger partial charge in [-0.1, -0.05) is 0 Å². The molecule has 0 spiro atoms. The van der Waals surface area contributed by atoms with E-state index in [1.54, 1.807) is 0 Å². The van der Waals surface area contributed by atoms with E-state index in [0.717, 1.165) is 12.1 Å². The smallest absolute Gasteiger partial charge is 0.199 e. The second kappa shape index (κ2) is 9.25. The number of carbonyl (C=O) groups is 4. The van der Waals surface area contributed by atoms with E-state index in [2.05, 4.69) is 0 Å². The number of aromatic hydroxyl groups is 3. The lowest BCUT2D eigenvalue weighted by molar-refractivity contribution is -0.0651. The van der Waals surface area contributed by atoms with E-state index in [4.69, 9.17) is 9.47 Å². The van der Waals surface area contributed by atoms with Crippen LogP contribution in [-0.2, 0) is 0 Å². The molecule has 11 heteroatoms. The highest BCUT2D eigenvalue weighted by molar-refractivity contribution is 6.34. The van der Waals surface area contributed by atoms with Gasteiger partial charge in [-0.2, -0.15) is 0 Å². The monoisotopic (exact) mass is 586 g/mol. The van der Waals surface area contributed by atoms with Gasteiger partial charge < -0.3 is 35.0 Å². The molecule has 0 saturated heterocycles. The molecule has 0 radical (unpaired) electrons. The van der Waals surface area contributed by atoms with E-state index in [1.165, 1.54) is 40.2 Å². The molecule has 0 heterocycles. The number of aliphatic hydroxyl groups is 2. The summed E-state index contributed by atoms with van der Waals surface area (Å²) in [5, 5.41) is 54.4. The number of aryl methyl sites for hydroxylation is 1. The maximum absolute atomic E-state index is 14.2. The molecule has 0 amide bonds. The van der Waals surface area contributed by atoms with Crippen LogP contribution in [0.15, 0.2) is 35.4 Å². The zero-order valence-electron chi connectivity index (χ0n) is 23.5. The van der Waals surface area contributed by atoms with E-state index in [1.807, 2.05) is 0 Å². The number of carbonyl (C=O) groups excluding carboxylic acids is 4. The Hall–Kier alpha value is -5.00. The number of benzene rings is 3. The maximum atomic E-state index is 14.2. The van der Waals surface area contributed by atoms with Crippen LogP contribution in [0, 0.1) is 6.92 Å². The van der Waals surface area contributed by atoms with Crippen molar-refractivity contribution in [2.45, 2.75) is 38.4 Å². The van der Waals surface area contributed by atoms with Crippen molar-refractivity contribution in [1.82, 2.24) is 0 Å². The Bertz CT molecular complexity index is 1890. The lowest BCUT2D eigenvalue weighted by Crippen LogP contribution is -2.46. The first-order valence-electron chi connectivity index (χ1n) is 13.3. The average Bonchev–Trinajstić information content (AvgIpc) is 2.95. The maximum Gasteiger partial charge on any atom is 0.199 e. The van der Waals surface area contributed by atoms with Crippen molar-refractivity contribution in [1.29, 1.82) is 0 Å². The summed E-state index contributed by atoms with van der Waals surface area (Å²) in [6.07, 6.45) is -2.08. The number of hydrogen-bond donors (Lipinski definition) is 5. The largest absolute Gasteiger partial charge is 0.507 e. The molecule has 3 aromatic rings. The Balaban J connectivity index is 1.71. The molecule has 5 N–H and O–H groups in total. The number of ketones is 4. The van der Waals surface area contributed by atoms with Gasteiger partial charge in [0.25, 0.3) is 0 Å². The van der Waals surface area contributed by atoms with Gasteiger partial charge in [0.15, 0.2) is 23.1 Å². The van der Waals surface area contributed by atoms with E-state index >= 15 is 0 Å². The van der Waals surface area contributed by atoms with Crippen LogP contribution < -0.4 is 9.47 Å². The highest BCUT2D eigenvalue weighted by atomic mass is 16.5. The molecular formula is C32H26O11. The van der Waals surface area contributed by atoms with Crippen molar-refractivity contribution >= 4 is 23.1 Å². The van der Waals surface area contributed by atoms with Crippen LogP contribution in [0.2, 0.25) is 0 Å². The third-order valence-electron chi connectivity index (χ3n) is 8.52. The summed E-state index contributed by atoms with van der Waals surface area (Å²) in [6.45, 7) is 2.80. The molecule has 3 aliphatic carbocycles. The van der Waals surface area contributed by atoms with Crippen LogP contribution in [-0.4, -0.2) is 74.6 Å². The predicted octanol–water partition coefficient (Wildman–Crippen LogP) is 3.15. The van der Waals surface area contributed by atoms with Gasteiger partial charge in [-0.05, 0) is 31.5 Å². The van der Waals surface area contributed by atoms with Crippen LogP contribution in [0.3, 0.4) is 0 Å². The second-order valence-corrected chi connectivity index (χ2v) is 11.2. The fraction of sp³-hybridized carbons (Fsp3) is 0.250. The van der Waals surface area contributed by atoms with Crippen molar-refractivity contribution < 1.29 is 54.2 Å². The first kappa shape index (κ1) is 28.1. The molecule has 11 nitrogen and oxygen atoms in total. The first-order valence-corrected chi connectivity index (χ1v) is 13.3. The highest BCUT2D eigenvalue weighted by Gasteiger charge is 2.47. The molecule has 3 aromatic carbocycles. The minimum Gasteiger partial charge on any atom is -0.507 e. The third-order valence-corrected chi connectivity index (χ3v) is 8.52. The summed E-state index contributed by atoms with van der Waals surface area (Å²) < 4.78 is 10.6. The molecule has 0 bridgehead atoms. The number of fused-ring (bicyclic) bond motifs is 3. The van der Waals surface area contributed by atoms with Crippen LogP contribution in [0.5, 0.6) is 28.7 Å². The molecule has 0 aliphatic heterocycles. The summed E-state index contributed by atoms with van der Waals surface area (Å²) in [4.78, 5) is 55.8. The number of methoxy groups -OCH3 is 2. The lowest BCUT2D eigenvalue weighted by Gasteiger charge is -2.38. The van der Waals surface area contributed by atoms with Gasteiger partial charge in [-0.15, -0.1) is 0 Å². The molecule has 6 rings (SSSR count). The van der Waals surface area contributed by atoms with Gasteiger partial charge >= 0.3 is 0 Å². The van der Waals surface area contributed by atoms with Gasteiger partial charge in [-0.3, -0.25) is 19.2 Å². The summed E-state index contributed by atoms with van der Waals surface area (Å²) in [6, 6.07) is 4.83.